The minimum atomic E-state index is -0.0707. The summed E-state index contributed by atoms with van der Waals surface area (Å²) in [5.74, 6) is -0.0707. The number of carbonyl (C=O) groups excluding carboxylic acids is 1. The number of hydrogen-bond donors (Lipinski definition) is 2. The first-order valence-electron chi connectivity index (χ1n) is 5.76. The van der Waals surface area contributed by atoms with E-state index in [4.69, 9.17) is 11.6 Å². The van der Waals surface area contributed by atoms with Crippen molar-refractivity contribution in [1.29, 1.82) is 0 Å². The van der Waals surface area contributed by atoms with Crippen molar-refractivity contribution in [2.24, 2.45) is 0 Å². The summed E-state index contributed by atoms with van der Waals surface area (Å²) in [6, 6.07) is 3.96. The van der Waals surface area contributed by atoms with Gasteiger partial charge in [0.2, 0.25) is 0 Å². The molecule has 0 radical (unpaired) electrons. The molecule has 2 aliphatic heterocycles. The molecule has 2 N–H and O–H groups in total. The van der Waals surface area contributed by atoms with Crippen LogP contribution in [0.3, 0.4) is 0 Å². The minimum absolute atomic E-state index is 0.0440. The minimum Gasteiger partial charge on any atom is -0.348 e. The van der Waals surface area contributed by atoms with Crippen molar-refractivity contribution in [3.63, 3.8) is 0 Å². The highest BCUT2D eigenvalue weighted by molar-refractivity contribution is 6.35. The highest BCUT2D eigenvalue weighted by Gasteiger charge is 2.33. The Labute approximate surface area is 105 Å². The average molecular weight is 252 g/mol. The van der Waals surface area contributed by atoms with Crippen LogP contribution in [0.25, 0.3) is 0 Å². The number of carbonyl (C=O) groups is 1. The molecule has 1 amide bonds. The van der Waals surface area contributed by atoms with Gasteiger partial charge in [-0.2, -0.15) is 0 Å². The van der Waals surface area contributed by atoms with Crippen molar-refractivity contribution in [2.45, 2.75) is 13.1 Å². The van der Waals surface area contributed by atoms with Crippen LogP contribution in [0, 0.1) is 6.92 Å². The highest BCUT2D eigenvalue weighted by atomic mass is 35.5. The van der Waals surface area contributed by atoms with E-state index in [9.17, 15) is 4.79 Å². The number of anilines is 1. The van der Waals surface area contributed by atoms with Crippen LogP contribution in [-0.4, -0.2) is 31.7 Å². The molecule has 3 rings (SSSR count). The van der Waals surface area contributed by atoms with Crippen molar-refractivity contribution in [3.05, 3.63) is 28.3 Å². The predicted octanol–water partition coefficient (Wildman–Crippen LogP) is 1.13. The van der Waals surface area contributed by atoms with Gasteiger partial charge in [-0.15, -0.1) is 0 Å². The second-order valence-electron chi connectivity index (χ2n) is 4.48. The lowest BCUT2D eigenvalue weighted by Crippen LogP contribution is -2.62. The third-order valence-corrected chi connectivity index (χ3v) is 3.88. The third-order valence-electron chi connectivity index (χ3n) is 3.39. The maximum Gasteiger partial charge on any atom is 0.256 e. The van der Waals surface area contributed by atoms with Crippen molar-refractivity contribution in [2.75, 3.05) is 24.5 Å². The molecule has 1 fully saturated rings. The van der Waals surface area contributed by atoms with Gasteiger partial charge < -0.3 is 15.5 Å². The lowest BCUT2D eigenvalue weighted by atomic mass is 10.0. The van der Waals surface area contributed by atoms with Gasteiger partial charge in [0.15, 0.2) is 0 Å². The Balaban J connectivity index is 2.14. The van der Waals surface area contributed by atoms with E-state index in [1.807, 2.05) is 19.1 Å². The van der Waals surface area contributed by atoms with Crippen molar-refractivity contribution < 1.29 is 4.79 Å². The molecule has 1 saturated heterocycles. The number of nitrogens with zero attached hydrogens (tertiary/aromatic N) is 1. The van der Waals surface area contributed by atoms with Crippen LogP contribution in [0.4, 0.5) is 5.69 Å². The number of halogens is 1. The average Bonchev–Trinajstić information content (AvgIpc) is 2.33. The zero-order valence-corrected chi connectivity index (χ0v) is 10.3. The van der Waals surface area contributed by atoms with E-state index in [0.717, 1.165) is 30.9 Å². The van der Waals surface area contributed by atoms with Gasteiger partial charge in [-0.1, -0.05) is 17.7 Å². The van der Waals surface area contributed by atoms with E-state index in [2.05, 4.69) is 15.5 Å². The van der Waals surface area contributed by atoms with Gasteiger partial charge in [0, 0.05) is 19.6 Å². The van der Waals surface area contributed by atoms with Crippen LogP contribution in [-0.2, 0) is 0 Å². The fourth-order valence-corrected chi connectivity index (χ4v) is 2.72. The van der Waals surface area contributed by atoms with Crippen LogP contribution in [0.15, 0.2) is 12.1 Å². The number of amides is 1. The molecule has 2 aliphatic rings. The van der Waals surface area contributed by atoms with E-state index < -0.39 is 0 Å². The quantitative estimate of drug-likeness (QED) is 0.727. The smallest absolute Gasteiger partial charge is 0.256 e. The van der Waals surface area contributed by atoms with Crippen LogP contribution >= 0.6 is 11.6 Å². The monoisotopic (exact) mass is 251 g/mol. The van der Waals surface area contributed by atoms with Gasteiger partial charge in [-0.3, -0.25) is 4.79 Å². The zero-order chi connectivity index (χ0) is 12.0. The molecular formula is C12H14ClN3O. The van der Waals surface area contributed by atoms with Crippen molar-refractivity contribution in [1.82, 2.24) is 10.6 Å². The normalized spacial score (nSPS) is 22.8. The summed E-state index contributed by atoms with van der Waals surface area (Å²) < 4.78 is 0. The molecule has 1 atom stereocenters. The molecular weight excluding hydrogens is 238 g/mol. The number of rotatable bonds is 0. The van der Waals surface area contributed by atoms with Crippen LogP contribution in [0.1, 0.15) is 15.9 Å². The number of hydrogen-bond acceptors (Lipinski definition) is 3. The van der Waals surface area contributed by atoms with E-state index in [-0.39, 0.29) is 12.1 Å². The highest BCUT2D eigenvalue weighted by Crippen LogP contribution is 2.34. The zero-order valence-electron chi connectivity index (χ0n) is 9.59. The molecule has 0 spiro atoms. The summed E-state index contributed by atoms with van der Waals surface area (Å²) in [7, 11) is 0. The van der Waals surface area contributed by atoms with Gasteiger partial charge in [0.25, 0.3) is 5.91 Å². The number of fused-ring (bicyclic) bond motifs is 3. The van der Waals surface area contributed by atoms with Crippen molar-refractivity contribution in [3.8, 4) is 0 Å². The van der Waals surface area contributed by atoms with Crippen molar-refractivity contribution >= 4 is 23.2 Å². The number of nitrogens with one attached hydrogen (secondary N) is 2. The number of piperazine rings is 1. The summed E-state index contributed by atoms with van der Waals surface area (Å²) >= 11 is 6.23. The second-order valence-corrected chi connectivity index (χ2v) is 4.86. The number of aryl methyl sites for hydroxylation is 1. The lowest BCUT2D eigenvalue weighted by molar-refractivity contribution is 0.0923. The molecule has 0 saturated carbocycles. The largest absolute Gasteiger partial charge is 0.348 e. The first kappa shape index (κ1) is 10.9. The van der Waals surface area contributed by atoms with Crippen LogP contribution in [0.5, 0.6) is 0 Å². The standard InChI is InChI=1S/C12H14ClN3O/c1-7-2-3-8-10(11(7)13)12(17)15-9-6-14-4-5-16(8)9/h2-3,9,14H,4-6H2,1H3,(H,15,17)/t9-/m0/s1. The Kier molecular flexibility index (Phi) is 2.49. The van der Waals surface area contributed by atoms with Gasteiger partial charge in [0.05, 0.1) is 16.3 Å². The first-order valence-corrected chi connectivity index (χ1v) is 6.13. The summed E-state index contributed by atoms with van der Waals surface area (Å²) in [6.45, 7) is 4.51. The molecule has 0 bridgehead atoms. The fourth-order valence-electron chi connectivity index (χ4n) is 2.47. The summed E-state index contributed by atoms with van der Waals surface area (Å²) in [6.07, 6.45) is 0.0440. The molecule has 90 valence electrons. The SMILES string of the molecule is Cc1ccc2c(c1Cl)C(=O)N[C@@H]1CNCCN21. The number of benzene rings is 1. The first-order chi connectivity index (χ1) is 8.18. The topological polar surface area (TPSA) is 44.4 Å². The van der Waals surface area contributed by atoms with Crippen LogP contribution < -0.4 is 15.5 Å². The molecule has 5 heteroatoms. The van der Waals surface area contributed by atoms with E-state index in [1.165, 1.54) is 0 Å². The molecule has 0 unspecified atom stereocenters. The van der Waals surface area contributed by atoms with Gasteiger partial charge in [-0.05, 0) is 18.6 Å². The Bertz CT molecular complexity index is 489. The Morgan fingerprint density at radius 1 is 1.47 bits per heavy atom. The predicted molar refractivity (Wildman–Crippen MR) is 67.7 cm³/mol. The summed E-state index contributed by atoms with van der Waals surface area (Å²) in [4.78, 5) is 14.3. The molecule has 4 nitrogen and oxygen atoms in total. The van der Waals surface area contributed by atoms with E-state index >= 15 is 0 Å². The summed E-state index contributed by atoms with van der Waals surface area (Å²) in [5.41, 5.74) is 2.51. The molecule has 0 aliphatic carbocycles. The Morgan fingerprint density at radius 3 is 3.12 bits per heavy atom. The van der Waals surface area contributed by atoms with Crippen LogP contribution in [0.2, 0.25) is 5.02 Å². The Morgan fingerprint density at radius 2 is 2.29 bits per heavy atom. The van der Waals surface area contributed by atoms with Gasteiger partial charge in [-0.25, -0.2) is 0 Å². The molecule has 2 heterocycles. The lowest BCUT2D eigenvalue weighted by Gasteiger charge is -2.42. The molecule has 1 aromatic rings. The Hall–Kier alpha value is -1.26. The second kappa shape index (κ2) is 3.89. The third kappa shape index (κ3) is 1.59. The van der Waals surface area contributed by atoms with E-state index in [0.29, 0.717) is 10.6 Å². The maximum atomic E-state index is 12.1. The van der Waals surface area contributed by atoms with Gasteiger partial charge >= 0.3 is 0 Å². The summed E-state index contributed by atoms with van der Waals surface area (Å²) in [5, 5.41) is 6.82. The molecule has 17 heavy (non-hydrogen) atoms. The molecule has 1 aromatic carbocycles. The fraction of sp³-hybridized carbons (Fsp3) is 0.417. The van der Waals surface area contributed by atoms with E-state index in [1.54, 1.807) is 0 Å². The van der Waals surface area contributed by atoms with Gasteiger partial charge in [0.1, 0.15) is 6.17 Å². The maximum absolute atomic E-state index is 12.1. The molecule has 0 aromatic heterocycles.